The SMILES string of the molecule is C=CC(C)(C)C(=O)N[C@H](C(=O)N[C@@H](COCC1(C)COC1)C(=O)N1CCC[C@@H](C(=O)OCC(Cl)(Cl)Cl)N1)C(C)C. The summed E-state index contributed by atoms with van der Waals surface area (Å²) in [5.41, 5.74) is 1.78. The lowest BCUT2D eigenvalue weighted by Gasteiger charge is -2.38. The highest BCUT2D eigenvalue weighted by atomic mass is 35.6. The first kappa shape index (κ1) is 34.6. The molecule has 3 N–H and O–H groups in total. The lowest BCUT2D eigenvalue weighted by Crippen LogP contribution is -2.63. The molecular formula is C26H41Cl3N4O7. The van der Waals surface area contributed by atoms with Crippen LogP contribution in [0.3, 0.4) is 0 Å². The largest absolute Gasteiger partial charge is 0.460 e. The van der Waals surface area contributed by atoms with Crippen molar-refractivity contribution in [3.05, 3.63) is 12.7 Å². The van der Waals surface area contributed by atoms with Gasteiger partial charge in [0, 0.05) is 12.0 Å². The number of hydrogen-bond donors (Lipinski definition) is 3. The van der Waals surface area contributed by atoms with Gasteiger partial charge >= 0.3 is 5.97 Å². The zero-order chi connectivity index (χ0) is 30.3. The Balaban J connectivity index is 2.15. The number of alkyl halides is 3. The second-order valence-corrected chi connectivity index (χ2v) is 14.1. The Morgan fingerprint density at radius 1 is 1.20 bits per heavy atom. The van der Waals surface area contributed by atoms with Crippen LogP contribution >= 0.6 is 34.8 Å². The summed E-state index contributed by atoms with van der Waals surface area (Å²) in [6, 6.07) is -2.87. The van der Waals surface area contributed by atoms with Gasteiger partial charge in [0.25, 0.3) is 5.91 Å². The summed E-state index contributed by atoms with van der Waals surface area (Å²) in [4.78, 5) is 52.3. The van der Waals surface area contributed by atoms with Crippen LogP contribution in [0.2, 0.25) is 0 Å². The summed E-state index contributed by atoms with van der Waals surface area (Å²) in [6.45, 7) is 13.7. The number of hydrogen-bond acceptors (Lipinski definition) is 8. The molecule has 0 unspecified atom stereocenters. The van der Waals surface area contributed by atoms with Gasteiger partial charge in [-0.2, -0.15) is 0 Å². The van der Waals surface area contributed by atoms with Crippen LogP contribution in [0.1, 0.15) is 47.5 Å². The Morgan fingerprint density at radius 3 is 2.38 bits per heavy atom. The zero-order valence-electron chi connectivity index (χ0n) is 23.7. The number of rotatable bonds is 13. The van der Waals surface area contributed by atoms with Gasteiger partial charge in [-0.3, -0.25) is 24.2 Å². The lowest BCUT2D eigenvalue weighted by molar-refractivity contribution is -0.156. The Morgan fingerprint density at radius 2 is 1.85 bits per heavy atom. The Labute approximate surface area is 250 Å². The summed E-state index contributed by atoms with van der Waals surface area (Å²) in [5, 5.41) is 6.77. The number of nitrogens with one attached hydrogen (secondary N) is 3. The molecule has 11 nitrogen and oxygen atoms in total. The van der Waals surface area contributed by atoms with E-state index in [0.717, 1.165) is 0 Å². The molecule has 0 aromatic rings. The third-order valence-electron chi connectivity index (χ3n) is 6.70. The van der Waals surface area contributed by atoms with Crippen molar-refractivity contribution in [3.63, 3.8) is 0 Å². The highest BCUT2D eigenvalue weighted by Crippen LogP contribution is 2.27. The molecule has 40 heavy (non-hydrogen) atoms. The number of nitrogens with zero attached hydrogens (tertiary/aromatic N) is 1. The van der Waals surface area contributed by atoms with Crippen LogP contribution in [0, 0.1) is 16.7 Å². The van der Waals surface area contributed by atoms with E-state index in [1.807, 2.05) is 6.92 Å². The topological polar surface area (TPSA) is 135 Å². The van der Waals surface area contributed by atoms with Crippen molar-refractivity contribution in [2.75, 3.05) is 39.6 Å². The van der Waals surface area contributed by atoms with E-state index in [4.69, 9.17) is 49.0 Å². The predicted octanol–water partition coefficient (Wildman–Crippen LogP) is 2.29. The molecule has 0 spiro atoms. The maximum Gasteiger partial charge on any atom is 0.325 e. The summed E-state index contributed by atoms with van der Waals surface area (Å²) in [6.07, 6.45) is 2.39. The van der Waals surface area contributed by atoms with Crippen molar-refractivity contribution < 1.29 is 33.4 Å². The Bertz CT molecular complexity index is 938. The van der Waals surface area contributed by atoms with Gasteiger partial charge in [-0.15, -0.1) is 6.58 Å². The third kappa shape index (κ3) is 10.3. The zero-order valence-corrected chi connectivity index (χ0v) is 26.0. The number of carbonyl (C=O) groups is 4. The fourth-order valence-corrected chi connectivity index (χ4v) is 4.07. The number of amides is 3. The van der Waals surface area contributed by atoms with Crippen molar-refractivity contribution in [2.45, 2.75) is 69.4 Å². The number of ether oxygens (including phenoxy) is 3. The quantitative estimate of drug-likeness (QED) is 0.161. The number of halogens is 3. The van der Waals surface area contributed by atoms with E-state index < -0.39 is 51.7 Å². The third-order valence-corrected chi connectivity index (χ3v) is 7.02. The molecule has 14 heteroatoms. The van der Waals surface area contributed by atoms with E-state index >= 15 is 0 Å². The van der Waals surface area contributed by atoms with Gasteiger partial charge < -0.3 is 24.8 Å². The van der Waals surface area contributed by atoms with Crippen LogP contribution in [-0.4, -0.2) is 90.2 Å². The van der Waals surface area contributed by atoms with E-state index in [0.29, 0.717) is 32.7 Å². The standard InChI is InChI=1S/C26H41Cl3N4O7/c1-7-24(4,5)23(37)31-19(16(2)3)20(34)30-18(11-38-12-25(6)13-39-14-25)21(35)33-10-8-9-17(32-33)22(36)40-15-26(27,28)29/h7,16-19,32H,1,8-15H2,2-6H3,(H,30,34)(H,31,37)/t17-,18-,19-/m0/s1. The molecule has 0 aromatic heterocycles. The van der Waals surface area contributed by atoms with Gasteiger partial charge in [0.05, 0.1) is 31.8 Å². The second-order valence-electron chi connectivity index (χ2n) is 11.5. The monoisotopic (exact) mass is 626 g/mol. The minimum atomic E-state index is -1.77. The molecule has 2 rings (SSSR count). The average Bonchev–Trinajstić information content (AvgIpc) is 2.87. The molecule has 3 amide bonds. The number of esters is 1. The molecule has 0 saturated carbocycles. The smallest absolute Gasteiger partial charge is 0.325 e. The molecule has 0 aliphatic carbocycles. The first-order valence-corrected chi connectivity index (χ1v) is 14.3. The molecule has 0 bridgehead atoms. The predicted molar refractivity (Wildman–Crippen MR) is 152 cm³/mol. The molecule has 0 aromatic carbocycles. The molecule has 2 saturated heterocycles. The number of hydrazine groups is 1. The van der Waals surface area contributed by atoms with Gasteiger partial charge in [0.1, 0.15) is 24.7 Å². The van der Waals surface area contributed by atoms with Gasteiger partial charge in [-0.05, 0) is 32.6 Å². The van der Waals surface area contributed by atoms with Crippen LogP contribution in [-0.2, 0) is 33.4 Å². The Hall–Kier alpha value is -1.63. The molecule has 228 valence electrons. The van der Waals surface area contributed by atoms with Crippen LogP contribution in [0.15, 0.2) is 12.7 Å². The second kappa shape index (κ2) is 14.5. The van der Waals surface area contributed by atoms with Crippen molar-refractivity contribution in [1.29, 1.82) is 0 Å². The fourth-order valence-electron chi connectivity index (χ4n) is 3.90. The van der Waals surface area contributed by atoms with E-state index in [9.17, 15) is 19.2 Å². The molecule has 3 atom stereocenters. The summed E-state index contributed by atoms with van der Waals surface area (Å²) in [5.74, 6) is -2.38. The van der Waals surface area contributed by atoms with Crippen molar-refractivity contribution >= 4 is 58.5 Å². The molecular weight excluding hydrogens is 587 g/mol. The fraction of sp³-hybridized carbons (Fsp3) is 0.769. The van der Waals surface area contributed by atoms with E-state index in [1.165, 1.54) is 11.1 Å². The van der Waals surface area contributed by atoms with E-state index in [1.54, 1.807) is 27.7 Å². The van der Waals surface area contributed by atoms with E-state index in [-0.39, 0.29) is 30.4 Å². The van der Waals surface area contributed by atoms with Crippen LogP contribution in [0.5, 0.6) is 0 Å². The molecule has 2 aliphatic heterocycles. The maximum atomic E-state index is 13.6. The van der Waals surface area contributed by atoms with Crippen LogP contribution in [0.4, 0.5) is 0 Å². The van der Waals surface area contributed by atoms with Gasteiger partial charge in [-0.1, -0.05) is 61.7 Å². The highest BCUT2D eigenvalue weighted by Gasteiger charge is 2.38. The van der Waals surface area contributed by atoms with Gasteiger partial charge in [0.15, 0.2) is 0 Å². The average molecular weight is 628 g/mol. The van der Waals surface area contributed by atoms with Crippen LogP contribution in [0.25, 0.3) is 0 Å². The van der Waals surface area contributed by atoms with Crippen molar-refractivity contribution in [1.82, 2.24) is 21.1 Å². The first-order chi connectivity index (χ1) is 18.5. The van der Waals surface area contributed by atoms with Crippen LogP contribution < -0.4 is 16.1 Å². The molecule has 2 aliphatic rings. The summed E-state index contributed by atoms with van der Waals surface area (Å²) < 4.78 is 14.4. The van der Waals surface area contributed by atoms with Crippen molar-refractivity contribution in [2.24, 2.45) is 16.7 Å². The molecule has 2 fully saturated rings. The highest BCUT2D eigenvalue weighted by molar-refractivity contribution is 6.67. The maximum absolute atomic E-state index is 13.6. The summed E-state index contributed by atoms with van der Waals surface area (Å²) >= 11 is 17.0. The number of carbonyl (C=O) groups excluding carboxylic acids is 4. The molecule has 2 heterocycles. The normalized spacial score (nSPS) is 20.6. The minimum Gasteiger partial charge on any atom is -0.460 e. The van der Waals surface area contributed by atoms with E-state index in [2.05, 4.69) is 22.6 Å². The molecule has 0 radical (unpaired) electrons. The van der Waals surface area contributed by atoms with Gasteiger partial charge in [-0.25, -0.2) is 5.43 Å². The lowest BCUT2D eigenvalue weighted by atomic mass is 9.90. The summed E-state index contributed by atoms with van der Waals surface area (Å²) in [7, 11) is 0. The van der Waals surface area contributed by atoms with Crippen molar-refractivity contribution in [3.8, 4) is 0 Å². The minimum absolute atomic E-state index is 0.127. The van der Waals surface area contributed by atoms with Gasteiger partial charge in [0.2, 0.25) is 15.6 Å². The first-order valence-electron chi connectivity index (χ1n) is 13.2. The Kier molecular flexibility index (Phi) is 12.5.